The number of nitrogens with one attached hydrogen (secondary N) is 1. The summed E-state index contributed by atoms with van der Waals surface area (Å²) in [4.78, 5) is 12.6. The maximum atomic E-state index is 12.6. The standard InChI is InChI=1S/C26H29NO3/c1-4-29-25-18(3)26-22(20-12-8-9-13-23(20)30-26)15-21(25)17(2)14-24(28)27-16-19-10-6-5-7-11-19/h5-7,10-11,14-15H,4,8-9,12-13,16H2,1-3H3,(H,27,28)/b17-14+. The molecule has 4 nitrogen and oxygen atoms in total. The van der Waals surface area contributed by atoms with Gasteiger partial charge in [0, 0.05) is 41.1 Å². The van der Waals surface area contributed by atoms with Gasteiger partial charge in [-0.15, -0.1) is 0 Å². The molecule has 2 aromatic carbocycles. The van der Waals surface area contributed by atoms with Crippen LogP contribution in [-0.2, 0) is 24.2 Å². The second-order valence-electron chi connectivity index (χ2n) is 7.93. The Bertz CT molecular complexity index is 1090. The maximum Gasteiger partial charge on any atom is 0.244 e. The smallest absolute Gasteiger partial charge is 0.244 e. The van der Waals surface area contributed by atoms with Gasteiger partial charge in [0.1, 0.15) is 17.1 Å². The van der Waals surface area contributed by atoms with Crippen LogP contribution in [0.1, 0.15) is 54.7 Å². The molecule has 156 valence electrons. The van der Waals surface area contributed by atoms with Crippen LogP contribution in [0.15, 0.2) is 46.9 Å². The molecule has 0 spiro atoms. The third-order valence-electron chi connectivity index (χ3n) is 5.80. The lowest BCUT2D eigenvalue weighted by Gasteiger charge is -2.15. The molecule has 3 aromatic rings. The van der Waals surface area contributed by atoms with E-state index in [0.29, 0.717) is 13.2 Å². The van der Waals surface area contributed by atoms with Crippen molar-refractivity contribution in [1.29, 1.82) is 0 Å². The number of carbonyl (C=O) groups is 1. The summed E-state index contributed by atoms with van der Waals surface area (Å²) in [6, 6.07) is 12.1. The summed E-state index contributed by atoms with van der Waals surface area (Å²) < 4.78 is 12.2. The first-order valence-corrected chi connectivity index (χ1v) is 10.8. The number of fused-ring (bicyclic) bond motifs is 3. The number of hydrogen-bond acceptors (Lipinski definition) is 3. The molecule has 0 atom stereocenters. The summed E-state index contributed by atoms with van der Waals surface area (Å²) in [7, 11) is 0. The maximum absolute atomic E-state index is 12.6. The van der Waals surface area contributed by atoms with Crippen molar-refractivity contribution in [1.82, 2.24) is 5.32 Å². The van der Waals surface area contributed by atoms with Gasteiger partial charge in [-0.2, -0.15) is 0 Å². The van der Waals surface area contributed by atoms with E-state index in [-0.39, 0.29) is 5.91 Å². The van der Waals surface area contributed by atoms with E-state index in [0.717, 1.165) is 57.6 Å². The number of amides is 1. The van der Waals surface area contributed by atoms with Gasteiger partial charge in [-0.1, -0.05) is 30.3 Å². The summed E-state index contributed by atoms with van der Waals surface area (Å²) in [6.07, 6.45) is 6.09. The predicted molar refractivity (Wildman–Crippen MR) is 121 cm³/mol. The van der Waals surface area contributed by atoms with Crippen LogP contribution in [0.5, 0.6) is 5.75 Å². The number of benzene rings is 2. The average Bonchev–Trinajstić information content (AvgIpc) is 3.14. The lowest BCUT2D eigenvalue weighted by molar-refractivity contribution is -0.116. The molecule has 0 fully saturated rings. The normalized spacial score (nSPS) is 13.9. The zero-order chi connectivity index (χ0) is 21.1. The van der Waals surface area contributed by atoms with Crippen molar-refractivity contribution in [2.45, 2.75) is 53.0 Å². The zero-order valence-electron chi connectivity index (χ0n) is 18.0. The van der Waals surface area contributed by atoms with E-state index in [9.17, 15) is 4.79 Å². The van der Waals surface area contributed by atoms with Crippen molar-refractivity contribution in [2.75, 3.05) is 6.61 Å². The third kappa shape index (κ3) is 4.00. The molecule has 4 rings (SSSR count). The van der Waals surface area contributed by atoms with E-state index in [2.05, 4.69) is 18.3 Å². The molecule has 1 amide bonds. The molecule has 0 saturated carbocycles. The van der Waals surface area contributed by atoms with Crippen LogP contribution < -0.4 is 10.1 Å². The fourth-order valence-electron chi connectivity index (χ4n) is 4.27. The molecule has 0 unspecified atom stereocenters. The largest absolute Gasteiger partial charge is 0.493 e. The SMILES string of the molecule is CCOc1c(/C(C)=C/C(=O)NCc2ccccc2)cc2c3c(oc2c1C)CCCC3. The van der Waals surface area contributed by atoms with Crippen LogP contribution in [0.3, 0.4) is 0 Å². The Labute approximate surface area is 177 Å². The van der Waals surface area contributed by atoms with Gasteiger partial charge in [0.25, 0.3) is 0 Å². The van der Waals surface area contributed by atoms with Crippen LogP contribution in [0.25, 0.3) is 16.5 Å². The summed E-state index contributed by atoms with van der Waals surface area (Å²) in [5.41, 5.74) is 6.19. The molecule has 1 aliphatic carbocycles. The fraction of sp³-hybridized carbons (Fsp3) is 0.346. The molecule has 1 N–H and O–H groups in total. The van der Waals surface area contributed by atoms with Crippen LogP contribution in [0, 0.1) is 6.92 Å². The van der Waals surface area contributed by atoms with Gasteiger partial charge in [-0.25, -0.2) is 0 Å². The van der Waals surface area contributed by atoms with Crippen LogP contribution >= 0.6 is 0 Å². The second kappa shape index (κ2) is 8.78. The first-order valence-electron chi connectivity index (χ1n) is 10.8. The number of ether oxygens (including phenoxy) is 1. The number of carbonyl (C=O) groups excluding carboxylic acids is 1. The van der Waals surface area contributed by atoms with Crippen LogP contribution in [0.2, 0.25) is 0 Å². The molecule has 0 bridgehead atoms. The van der Waals surface area contributed by atoms with Gasteiger partial charge >= 0.3 is 0 Å². The van der Waals surface area contributed by atoms with Crippen molar-refractivity contribution >= 4 is 22.4 Å². The summed E-state index contributed by atoms with van der Waals surface area (Å²) in [6.45, 7) is 7.07. The minimum atomic E-state index is -0.106. The molecule has 0 saturated heterocycles. The topological polar surface area (TPSA) is 51.5 Å². The summed E-state index contributed by atoms with van der Waals surface area (Å²) in [5.74, 6) is 1.81. The first-order chi connectivity index (χ1) is 14.6. The Balaban J connectivity index is 1.68. The molecule has 30 heavy (non-hydrogen) atoms. The Morgan fingerprint density at radius 3 is 2.73 bits per heavy atom. The molecule has 0 aliphatic heterocycles. The van der Waals surface area contributed by atoms with Crippen molar-refractivity contribution in [3.63, 3.8) is 0 Å². The number of aryl methyl sites for hydroxylation is 3. The lowest BCUT2D eigenvalue weighted by atomic mass is 9.93. The highest BCUT2D eigenvalue weighted by atomic mass is 16.5. The fourth-order valence-corrected chi connectivity index (χ4v) is 4.27. The summed E-state index contributed by atoms with van der Waals surface area (Å²) in [5, 5.41) is 4.14. The molecule has 1 aliphatic rings. The monoisotopic (exact) mass is 403 g/mol. The summed E-state index contributed by atoms with van der Waals surface area (Å²) >= 11 is 0. The van der Waals surface area contributed by atoms with E-state index in [1.165, 1.54) is 18.4 Å². The molecular weight excluding hydrogens is 374 g/mol. The van der Waals surface area contributed by atoms with Gasteiger partial charge in [0.05, 0.1) is 6.61 Å². The van der Waals surface area contributed by atoms with E-state index < -0.39 is 0 Å². The molecule has 0 radical (unpaired) electrons. The first kappa shape index (κ1) is 20.3. The number of hydrogen-bond donors (Lipinski definition) is 1. The van der Waals surface area contributed by atoms with E-state index >= 15 is 0 Å². The molecule has 1 heterocycles. The third-order valence-corrected chi connectivity index (χ3v) is 5.80. The number of allylic oxidation sites excluding steroid dienone is 1. The zero-order valence-corrected chi connectivity index (χ0v) is 18.0. The molecule has 4 heteroatoms. The highest BCUT2D eigenvalue weighted by Gasteiger charge is 2.23. The highest BCUT2D eigenvalue weighted by molar-refractivity contribution is 5.98. The quantitative estimate of drug-likeness (QED) is 0.534. The van der Waals surface area contributed by atoms with E-state index in [1.54, 1.807) is 6.08 Å². The minimum absolute atomic E-state index is 0.106. The lowest BCUT2D eigenvalue weighted by Crippen LogP contribution is -2.20. The predicted octanol–water partition coefficient (Wildman–Crippen LogP) is 5.74. The minimum Gasteiger partial charge on any atom is -0.493 e. The van der Waals surface area contributed by atoms with Crippen LogP contribution in [-0.4, -0.2) is 12.5 Å². The number of furan rings is 1. The van der Waals surface area contributed by atoms with Crippen LogP contribution in [0.4, 0.5) is 0 Å². The van der Waals surface area contributed by atoms with Crippen molar-refractivity contribution in [2.24, 2.45) is 0 Å². The van der Waals surface area contributed by atoms with Gasteiger partial charge in [0.15, 0.2) is 0 Å². The second-order valence-corrected chi connectivity index (χ2v) is 7.93. The molecular formula is C26H29NO3. The Hall–Kier alpha value is -3.01. The van der Waals surface area contributed by atoms with Crippen molar-refractivity contribution < 1.29 is 13.9 Å². The van der Waals surface area contributed by atoms with Gasteiger partial charge < -0.3 is 14.5 Å². The highest BCUT2D eigenvalue weighted by Crippen LogP contribution is 2.41. The van der Waals surface area contributed by atoms with Gasteiger partial charge in [-0.3, -0.25) is 4.79 Å². The average molecular weight is 404 g/mol. The van der Waals surface area contributed by atoms with E-state index in [1.807, 2.05) is 44.2 Å². The number of rotatable bonds is 6. The van der Waals surface area contributed by atoms with Gasteiger partial charge in [0.2, 0.25) is 5.91 Å². The van der Waals surface area contributed by atoms with Crippen molar-refractivity contribution in [3.8, 4) is 5.75 Å². The van der Waals surface area contributed by atoms with E-state index in [4.69, 9.17) is 9.15 Å². The Morgan fingerprint density at radius 2 is 1.97 bits per heavy atom. The Kier molecular flexibility index (Phi) is 5.93. The van der Waals surface area contributed by atoms with Gasteiger partial charge in [-0.05, 0) is 57.2 Å². The molecule has 1 aromatic heterocycles. The Morgan fingerprint density at radius 1 is 1.20 bits per heavy atom. The van der Waals surface area contributed by atoms with Crippen molar-refractivity contribution in [3.05, 3.63) is 70.5 Å².